The van der Waals surface area contributed by atoms with Crippen molar-refractivity contribution < 1.29 is 28.2 Å². The van der Waals surface area contributed by atoms with E-state index in [0.29, 0.717) is 37.0 Å². The number of aliphatic carboxylic acids is 1. The number of rotatable bonds is 5. The number of hydrogen-bond acceptors (Lipinski definition) is 4. The molecule has 27 heavy (non-hydrogen) atoms. The first-order valence-corrected chi connectivity index (χ1v) is 10.3. The van der Waals surface area contributed by atoms with Crippen LogP contribution in [0.15, 0.2) is 24.3 Å². The average molecular weight is 489 g/mol. The Hall–Kier alpha value is -1.25. The molecule has 4 aliphatic carbocycles. The molecule has 4 nitrogen and oxygen atoms in total. The second-order valence-electron chi connectivity index (χ2n) is 8.48. The number of carbonyl (C=O) groups excluding carboxylic acids is 2. The van der Waals surface area contributed by atoms with E-state index in [1.165, 1.54) is 12.1 Å². The fourth-order valence-electron chi connectivity index (χ4n) is 5.95. The maximum Gasteiger partial charge on any atom is 0.338 e. The second-order valence-corrected chi connectivity index (χ2v) is 9.73. The zero-order valence-electron chi connectivity index (χ0n) is 14.6. The third-order valence-corrected chi connectivity index (χ3v) is 7.27. The van der Waals surface area contributed by atoms with Gasteiger partial charge in [-0.3, -0.25) is 0 Å². The van der Waals surface area contributed by atoms with Gasteiger partial charge in [0.15, 0.2) is 6.10 Å². The number of carboxylic acids is 1. The van der Waals surface area contributed by atoms with Crippen molar-refractivity contribution >= 4 is 34.5 Å². The Morgan fingerprint density at radius 2 is 1.56 bits per heavy atom. The molecule has 4 bridgehead atoms. The van der Waals surface area contributed by atoms with Gasteiger partial charge in [-0.25, -0.2) is 4.79 Å². The summed E-state index contributed by atoms with van der Waals surface area (Å²) in [5, 5.41) is 11.3. The third-order valence-electron chi connectivity index (χ3n) is 6.55. The van der Waals surface area contributed by atoms with Gasteiger partial charge in [0.1, 0.15) is 5.97 Å². The molecule has 0 spiro atoms. The van der Waals surface area contributed by atoms with Gasteiger partial charge >= 0.3 is 11.9 Å². The lowest BCUT2D eigenvalue weighted by Gasteiger charge is -2.59. The number of ether oxygens (including phenoxy) is 1. The fraction of sp³-hybridized carbons (Fsp3) is 0.600. The van der Waals surface area contributed by atoms with Crippen molar-refractivity contribution in [2.45, 2.75) is 50.6 Å². The van der Waals surface area contributed by atoms with Crippen LogP contribution in [0.5, 0.6) is 0 Å². The molecule has 0 aromatic heterocycles. The Morgan fingerprint density at radius 3 is 2.00 bits per heavy atom. The number of esters is 1. The van der Waals surface area contributed by atoms with Gasteiger partial charge in [0, 0.05) is 8.99 Å². The molecule has 1 atom stereocenters. The predicted octanol–water partition coefficient (Wildman–Crippen LogP) is 3.42. The highest BCUT2D eigenvalue weighted by molar-refractivity contribution is 14.1. The summed E-state index contributed by atoms with van der Waals surface area (Å²) in [6.07, 6.45) is 2.51. The van der Waals surface area contributed by atoms with Crippen molar-refractivity contribution in [1.29, 1.82) is 0 Å². The van der Waals surface area contributed by atoms with Crippen LogP contribution in [0.25, 0.3) is 0 Å². The summed E-state index contributed by atoms with van der Waals surface area (Å²) in [5.41, 5.74) is -0.837. The molecule has 0 heterocycles. The number of benzene rings is 1. The van der Waals surface area contributed by atoms with Crippen LogP contribution in [0.4, 0.5) is 8.78 Å². The highest BCUT2D eigenvalue weighted by Crippen LogP contribution is 2.63. The molecule has 1 unspecified atom stereocenters. The van der Waals surface area contributed by atoms with Crippen LogP contribution in [-0.4, -0.2) is 24.0 Å². The summed E-state index contributed by atoms with van der Waals surface area (Å²) in [4.78, 5) is 23.8. The largest absolute Gasteiger partial charge is 0.544 e. The van der Waals surface area contributed by atoms with E-state index in [-0.39, 0.29) is 5.56 Å². The first-order chi connectivity index (χ1) is 12.7. The van der Waals surface area contributed by atoms with Gasteiger partial charge in [-0.15, -0.1) is 0 Å². The molecule has 5 rings (SSSR count). The van der Waals surface area contributed by atoms with Crippen LogP contribution in [0.3, 0.4) is 0 Å². The molecule has 0 saturated heterocycles. The number of carbonyl (C=O) groups is 2. The minimum Gasteiger partial charge on any atom is -0.544 e. The third kappa shape index (κ3) is 3.36. The van der Waals surface area contributed by atoms with Gasteiger partial charge in [0.05, 0.1) is 5.56 Å². The molecule has 7 heteroatoms. The quantitative estimate of drug-likeness (QED) is 0.470. The lowest BCUT2D eigenvalue weighted by molar-refractivity contribution is -0.342. The molecule has 4 aliphatic rings. The van der Waals surface area contributed by atoms with Gasteiger partial charge in [-0.05, 0) is 103 Å². The number of alkyl halides is 2. The van der Waals surface area contributed by atoms with Crippen LogP contribution in [0.2, 0.25) is 0 Å². The topological polar surface area (TPSA) is 66.4 Å². The molecular weight excluding hydrogens is 469 g/mol. The summed E-state index contributed by atoms with van der Waals surface area (Å²) < 4.78 is 35.6. The summed E-state index contributed by atoms with van der Waals surface area (Å²) >= 11 is 2.07. The minimum absolute atomic E-state index is 0.138. The predicted molar refractivity (Wildman–Crippen MR) is 98.9 cm³/mol. The van der Waals surface area contributed by atoms with Crippen LogP contribution in [0, 0.1) is 26.7 Å². The van der Waals surface area contributed by atoms with Crippen molar-refractivity contribution in [2.75, 3.05) is 0 Å². The molecule has 0 amide bonds. The number of carboxylic acid groups (broad SMARTS) is 1. The van der Waals surface area contributed by atoms with Gasteiger partial charge in [-0.2, -0.15) is 8.78 Å². The Kier molecular flexibility index (Phi) is 4.71. The van der Waals surface area contributed by atoms with E-state index in [9.17, 15) is 23.5 Å². The Bertz CT molecular complexity index is 726. The van der Waals surface area contributed by atoms with E-state index in [4.69, 9.17) is 4.74 Å². The number of hydrogen-bond donors (Lipinski definition) is 0. The number of halogens is 3. The minimum atomic E-state index is -4.22. The maximum atomic E-state index is 14.7. The molecule has 0 N–H and O–H groups in total. The van der Waals surface area contributed by atoms with E-state index in [1.807, 2.05) is 0 Å². The monoisotopic (exact) mass is 489 g/mol. The molecule has 1 aromatic rings. The Balaban J connectivity index is 1.67. The second kappa shape index (κ2) is 6.67. The van der Waals surface area contributed by atoms with E-state index in [1.54, 1.807) is 12.1 Å². The maximum absolute atomic E-state index is 14.7. The van der Waals surface area contributed by atoms with E-state index in [0.717, 1.165) is 22.8 Å². The Morgan fingerprint density at radius 1 is 1.07 bits per heavy atom. The fourth-order valence-corrected chi connectivity index (χ4v) is 6.31. The molecule has 4 saturated carbocycles. The lowest BCUT2D eigenvalue weighted by Crippen LogP contribution is -2.62. The van der Waals surface area contributed by atoms with Crippen LogP contribution >= 0.6 is 22.6 Å². The van der Waals surface area contributed by atoms with E-state index in [2.05, 4.69) is 22.6 Å². The van der Waals surface area contributed by atoms with Crippen LogP contribution < -0.4 is 5.11 Å². The van der Waals surface area contributed by atoms with Gasteiger partial charge in [0.25, 0.3) is 0 Å². The van der Waals surface area contributed by atoms with Crippen LogP contribution in [0.1, 0.15) is 48.9 Å². The standard InChI is InChI=1S/C20H21F2IO4/c21-20(22,18(25)26)17(27-16(24)14-1-3-15(23)4-2-14)19-8-11-5-12(9-19)7-13(6-11)10-19/h1-4,11-13,17H,5-10H2,(H,25,26)/p-1. The van der Waals surface area contributed by atoms with Crippen molar-refractivity contribution in [2.24, 2.45) is 23.2 Å². The normalized spacial score (nSPS) is 32.9. The molecule has 4 fully saturated rings. The Labute approximate surface area is 169 Å². The van der Waals surface area contributed by atoms with E-state index < -0.39 is 29.4 Å². The highest BCUT2D eigenvalue weighted by atomic mass is 127. The smallest absolute Gasteiger partial charge is 0.338 e. The average Bonchev–Trinajstić information content (AvgIpc) is 2.58. The van der Waals surface area contributed by atoms with Gasteiger partial charge < -0.3 is 14.6 Å². The van der Waals surface area contributed by atoms with Gasteiger partial charge in [0.2, 0.25) is 0 Å². The van der Waals surface area contributed by atoms with Crippen LogP contribution in [-0.2, 0) is 9.53 Å². The lowest BCUT2D eigenvalue weighted by atomic mass is 9.47. The summed E-state index contributed by atoms with van der Waals surface area (Å²) in [5.74, 6) is -6.66. The first kappa shape index (κ1) is 19.1. The molecule has 0 radical (unpaired) electrons. The van der Waals surface area contributed by atoms with Crippen molar-refractivity contribution in [3.8, 4) is 0 Å². The van der Waals surface area contributed by atoms with Gasteiger partial charge in [-0.1, -0.05) is 0 Å². The summed E-state index contributed by atoms with van der Waals surface area (Å²) in [7, 11) is 0. The van der Waals surface area contributed by atoms with Crippen molar-refractivity contribution in [3.05, 3.63) is 33.4 Å². The highest BCUT2D eigenvalue weighted by Gasteiger charge is 2.62. The molecule has 146 valence electrons. The molecule has 0 aliphatic heterocycles. The summed E-state index contributed by atoms with van der Waals surface area (Å²) in [6.45, 7) is 0. The molecular formula is C20H20F2IO4-. The summed E-state index contributed by atoms with van der Waals surface area (Å²) in [6, 6.07) is 6.34. The SMILES string of the molecule is O=C(OC(C12CC3CC(CC(C3)C1)C2)C(F)(F)C(=O)[O-])c1ccc(I)cc1. The first-order valence-electron chi connectivity index (χ1n) is 9.25. The zero-order valence-corrected chi connectivity index (χ0v) is 16.8. The zero-order chi connectivity index (χ0) is 19.4. The van der Waals surface area contributed by atoms with E-state index >= 15 is 0 Å². The molecule has 1 aromatic carbocycles. The van der Waals surface area contributed by atoms with Crippen molar-refractivity contribution in [1.82, 2.24) is 0 Å². The van der Waals surface area contributed by atoms with Crippen molar-refractivity contribution in [3.63, 3.8) is 0 Å².